The number of nitrogens with one attached hydrogen (secondary N) is 1. The maximum absolute atomic E-state index is 11.3. The third-order valence-electron chi connectivity index (χ3n) is 2.59. The van der Waals surface area contributed by atoms with E-state index in [-0.39, 0.29) is 5.56 Å². The minimum atomic E-state index is -0.157. The normalized spacial score (nSPS) is 10.4. The zero-order valence-corrected chi connectivity index (χ0v) is 9.45. The van der Waals surface area contributed by atoms with Crippen LogP contribution in [0.25, 0.3) is 17.2 Å². The molecule has 0 bridgehead atoms. The molecule has 3 aromatic rings. The summed E-state index contributed by atoms with van der Waals surface area (Å²) in [5.41, 5.74) is 1.43. The van der Waals surface area contributed by atoms with Gasteiger partial charge in [-0.1, -0.05) is 24.3 Å². The van der Waals surface area contributed by atoms with Gasteiger partial charge in [-0.05, 0) is 18.2 Å². The van der Waals surface area contributed by atoms with Crippen LogP contribution in [-0.2, 0) is 0 Å². The highest BCUT2D eigenvalue weighted by molar-refractivity contribution is 5.52. The van der Waals surface area contributed by atoms with E-state index in [0.29, 0.717) is 11.5 Å². The molecule has 0 atom stereocenters. The molecular weight excluding hydrogens is 228 g/mol. The van der Waals surface area contributed by atoms with E-state index in [1.54, 1.807) is 18.5 Å². The van der Waals surface area contributed by atoms with Crippen molar-refractivity contribution in [2.45, 2.75) is 0 Å². The first-order valence-electron chi connectivity index (χ1n) is 5.50. The maximum atomic E-state index is 11.3. The van der Waals surface area contributed by atoms with E-state index in [2.05, 4.69) is 15.2 Å². The van der Waals surface area contributed by atoms with E-state index < -0.39 is 0 Å². The third-order valence-corrected chi connectivity index (χ3v) is 2.59. The SMILES string of the molecule is O=c1cccc(-c2nncn2-c2ccccc2)[nH]1. The number of pyridine rings is 1. The lowest BCUT2D eigenvalue weighted by atomic mass is 10.3. The van der Waals surface area contributed by atoms with Gasteiger partial charge in [0.2, 0.25) is 5.56 Å². The summed E-state index contributed by atoms with van der Waals surface area (Å²) in [6, 6.07) is 14.7. The maximum Gasteiger partial charge on any atom is 0.248 e. The number of H-pyrrole nitrogens is 1. The highest BCUT2D eigenvalue weighted by atomic mass is 16.1. The zero-order chi connectivity index (χ0) is 12.4. The first kappa shape index (κ1) is 10.5. The van der Waals surface area contributed by atoms with E-state index in [9.17, 15) is 4.79 Å². The Bertz CT molecular complexity index is 715. The Labute approximate surface area is 103 Å². The van der Waals surface area contributed by atoms with E-state index in [4.69, 9.17) is 0 Å². The molecule has 0 fully saturated rings. The summed E-state index contributed by atoms with van der Waals surface area (Å²) in [5, 5.41) is 7.94. The summed E-state index contributed by atoms with van der Waals surface area (Å²) < 4.78 is 1.82. The molecule has 0 radical (unpaired) electrons. The second-order valence-corrected chi connectivity index (χ2v) is 3.79. The molecular formula is C13H10N4O. The Hall–Kier alpha value is -2.69. The molecule has 0 unspecified atom stereocenters. The Morgan fingerprint density at radius 3 is 2.61 bits per heavy atom. The molecule has 0 spiro atoms. The molecule has 88 valence electrons. The quantitative estimate of drug-likeness (QED) is 0.738. The average Bonchev–Trinajstić information content (AvgIpc) is 2.89. The Morgan fingerprint density at radius 2 is 1.83 bits per heavy atom. The summed E-state index contributed by atoms with van der Waals surface area (Å²) >= 11 is 0. The van der Waals surface area contributed by atoms with Crippen molar-refractivity contribution >= 4 is 0 Å². The molecule has 0 aliphatic heterocycles. The molecule has 1 aromatic carbocycles. The molecule has 0 saturated carbocycles. The van der Waals surface area contributed by atoms with Crippen molar-refractivity contribution in [3.63, 3.8) is 0 Å². The van der Waals surface area contributed by atoms with Gasteiger partial charge >= 0.3 is 0 Å². The summed E-state index contributed by atoms with van der Waals surface area (Å²) in [5.74, 6) is 0.610. The number of hydrogen-bond donors (Lipinski definition) is 1. The van der Waals surface area contributed by atoms with Gasteiger partial charge in [-0.3, -0.25) is 9.36 Å². The minimum Gasteiger partial charge on any atom is -0.319 e. The molecule has 0 saturated heterocycles. The molecule has 0 amide bonds. The second kappa shape index (κ2) is 4.29. The highest BCUT2D eigenvalue weighted by Gasteiger charge is 2.08. The van der Waals surface area contributed by atoms with Gasteiger partial charge in [-0.25, -0.2) is 0 Å². The van der Waals surface area contributed by atoms with Crippen molar-refractivity contribution in [2.75, 3.05) is 0 Å². The van der Waals surface area contributed by atoms with Crippen molar-refractivity contribution in [3.8, 4) is 17.2 Å². The molecule has 0 aliphatic carbocycles. The Morgan fingerprint density at radius 1 is 1.00 bits per heavy atom. The fraction of sp³-hybridized carbons (Fsp3) is 0. The Kier molecular flexibility index (Phi) is 2.49. The van der Waals surface area contributed by atoms with Crippen LogP contribution in [0.1, 0.15) is 0 Å². The van der Waals surface area contributed by atoms with Crippen LogP contribution in [0.15, 0.2) is 59.7 Å². The predicted molar refractivity (Wildman–Crippen MR) is 67.4 cm³/mol. The van der Waals surface area contributed by atoms with Gasteiger partial charge < -0.3 is 4.98 Å². The van der Waals surface area contributed by atoms with Gasteiger partial charge in [0.05, 0.1) is 5.69 Å². The largest absolute Gasteiger partial charge is 0.319 e. The van der Waals surface area contributed by atoms with Gasteiger partial charge in [0, 0.05) is 11.8 Å². The van der Waals surface area contributed by atoms with Crippen LogP contribution in [0, 0.1) is 0 Å². The zero-order valence-electron chi connectivity index (χ0n) is 9.45. The lowest BCUT2D eigenvalue weighted by Gasteiger charge is -2.05. The van der Waals surface area contributed by atoms with Crippen LogP contribution in [0.2, 0.25) is 0 Å². The fourth-order valence-corrected chi connectivity index (χ4v) is 1.77. The van der Waals surface area contributed by atoms with Gasteiger partial charge in [0.1, 0.15) is 6.33 Å². The second-order valence-electron chi connectivity index (χ2n) is 3.79. The van der Waals surface area contributed by atoms with Gasteiger partial charge in [-0.15, -0.1) is 10.2 Å². The van der Waals surface area contributed by atoms with Gasteiger partial charge in [0.25, 0.3) is 0 Å². The highest BCUT2D eigenvalue weighted by Crippen LogP contribution is 2.16. The van der Waals surface area contributed by atoms with Crippen LogP contribution in [0.3, 0.4) is 0 Å². The smallest absolute Gasteiger partial charge is 0.248 e. The first-order chi connectivity index (χ1) is 8.84. The molecule has 18 heavy (non-hydrogen) atoms. The summed E-state index contributed by atoms with van der Waals surface area (Å²) in [7, 11) is 0. The topological polar surface area (TPSA) is 63.6 Å². The molecule has 5 nitrogen and oxygen atoms in total. The van der Waals surface area contributed by atoms with E-state index in [1.165, 1.54) is 6.07 Å². The summed E-state index contributed by atoms with van der Waals surface area (Å²) in [4.78, 5) is 14.1. The molecule has 2 aromatic heterocycles. The summed E-state index contributed by atoms with van der Waals surface area (Å²) in [6.07, 6.45) is 1.62. The predicted octanol–water partition coefficient (Wildman–Crippen LogP) is 1.62. The van der Waals surface area contributed by atoms with Crippen LogP contribution < -0.4 is 5.56 Å². The third kappa shape index (κ3) is 1.82. The monoisotopic (exact) mass is 238 g/mol. The number of aromatic nitrogens is 4. The lowest BCUT2D eigenvalue weighted by molar-refractivity contribution is 1.04. The molecule has 3 rings (SSSR count). The van der Waals surface area contributed by atoms with Crippen molar-refractivity contribution in [1.82, 2.24) is 19.7 Å². The number of benzene rings is 1. The standard InChI is InChI=1S/C13H10N4O/c18-12-8-4-7-11(15-12)13-16-14-9-17(13)10-5-2-1-3-6-10/h1-9H,(H,15,18). The van der Waals surface area contributed by atoms with Crippen LogP contribution >= 0.6 is 0 Å². The molecule has 5 heteroatoms. The fourth-order valence-electron chi connectivity index (χ4n) is 1.77. The van der Waals surface area contributed by atoms with E-state index >= 15 is 0 Å². The number of nitrogens with zero attached hydrogens (tertiary/aromatic N) is 3. The molecule has 0 aliphatic rings. The van der Waals surface area contributed by atoms with Crippen molar-refractivity contribution < 1.29 is 0 Å². The summed E-state index contributed by atoms with van der Waals surface area (Å²) in [6.45, 7) is 0. The number of para-hydroxylation sites is 1. The van der Waals surface area contributed by atoms with Gasteiger partial charge in [0.15, 0.2) is 5.82 Å². The molecule has 1 N–H and O–H groups in total. The van der Waals surface area contributed by atoms with Crippen molar-refractivity contribution in [3.05, 3.63) is 65.2 Å². The van der Waals surface area contributed by atoms with Crippen molar-refractivity contribution in [2.24, 2.45) is 0 Å². The number of aromatic amines is 1. The van der Waals surface area contributed by atoms with Crippen LogP contribution in [-0.4, -0.2) is 19.7 Å². The van der Waals surface area contributed by atoms with Crippen molar-refractivity contribution in [1.29, 1.82) is 0 Å². The van der Waals surface area contributed by atoms with Crippen LogP contribution in [0.4, 0.5) is 0 Å². The minimum absolute atomic E-state index is 0.157. The van der Waals surface area contributed by atoms with Crippen LogP contribution in [0.5, 0.6) is 0 Å². The van der Waals surface area contributed by atoms with E-state index in [1.807, 2.05) is 34.9 Å². The number of rotatable bonds is 2. The average molecular weight is 238 g/mol. The lowest BCUT2D eigenvalue weighted by Crippen LogP contribution is -2.06. The van der Waals surface area contributed by atoms with Gasteiger partial charge in [-0.2, -0.15) is 0 Å². The molecule has 2 heterocycles. The number of hydrogen-bond acceptors (Lipinski definition) is 3. The first-order valence-corrected chi connectivity index (χ1v) is 5.50. The Balaban J connectivity index is 2.16. The van der Waals surface area contributed by atoms with E-state index in [0.717, 1.165) is 5.69 Å².